The van der Waals surface area contributed by atoms with Crippen LogP contribution in [0.5, 0.6) is 0 Å². The number of hydrogen-bond acceptors (Lipinski definition) is 2. The van der Waals surface area contributed by atoms with Gasteiger partial charge in [0.2, 0.25) is 6.20 Å². The molecule has 22 heavy (non-hydrogen) atoms. The lowest BCUT2D eigenvalue weighted by atomic mass is 9.86. The van der Waals surface area contributed by atoms with Gasteiger partial charge in [0.1, 0.15) is 0 Å². The number of fused-ring (bicyclic) bond motifs is 1. The predicted molar refractivity (Wildman–Crippen MR) is 84.2 cm³/mol. The highest BCUT2D eigenvalue weighted by molar-refractivity contribution is 5.80. The molecule has 3 heteroatoms. The SMILES string of the molecule is CC1(C)C=C(c2cccc[n+]2O)c2cc(C#N)ccc2CC1. The molecule has 0 radical (unpaired) electrons. The Hall–Kier alpha value is -2.60. The number of nitriles is 1. The molecular weight excluding hydrogens is 272 g/mol. The molecule has 0 aliphatic heterocycles. The minimum absolute atomic E-state index is 0.0317. The molecule has 0 fully saturated rings. The van der Waals surface area contributed by atoms with Crippen LogP contribution < -0.4 is 4.73 Å². The maximum absolute atomic E-state index is 10.2. The number of hydrogen-bond donors (Lipinski definition) is 1. The first-order valence-corrected chi connectivity index (χ1v) is 7.47. The summed E-state index contributed by atoms with van der Waals surface area (Å²) in [5, 5.41) is 19.4. The maximum atomic E-state index is 10.2. The molecular formula is C19H19N2O+. The van der Waals surface area contributed by atoms with Gasteiger partial charge >= 0.3 is 0 Å². The van der Waals surface area contributed by atoms with E-state index in [0.29, 0.717) is 5.56 Å². The van der Waals surface area contributed by atoms with Crippen molar-refractivity contribution in [3.8, 4) is 6.07 Å². The third-order valence-electron chi connectivity index (χ3n) is 4.22. The summed E-state index contributed by atoms with van der Waals surface area (Å²) in [6, 6.07) is 13.6. The fourth-order valence-corrected chi connectivity index (χ4v) is 2.97. The molecule has 0 saturated heterocycles. The molecule has 1 aromatic heterocycles. The summed E-state index contributed by atoms with van der Waals surface area (Å²) in [4.78, 5) is 0. The molecule has 1 aliphatic rings. The Balaban J connectivity index is 2.28. The van der Waals surface area contributed by atoms with E-state index in [1.54, 1.807) is 12.3 Å². The van der Waals surface area contributed by atoms with Crippen LogP contribution in [-0.2, 0) is 6.42 Å². The van der Waals surface area contributed by atoms with Crippen molar-refractivity contribution in [2.75, 3.05) is 0 Å². The lowest BCUT2D eigenvalue weighted by Crippen LogP contribution is -2.34. The first-order chi connectivity index (χ1) is 10.5. The molecule has 3 rings (SSSR count). The lowest BCUT2D eigenvalue weighted by molar-refractivity contribution is -0.906. The zero-order valence-corrected chi connectivity index (χ0v) is 12.9. The van der Waals surface area contributed by atoms with Gasteiger partial charge in [-0.05, 0) is 47.6 Å². The molecule has 2 aromatic rings. The number of allylic oxidation sites excluding steroid dienone is 1. The number of nitrogens with zero attached hydrogens (tertiary/aromatic N) is 2. The first kappa shape index (κ1) is 14.3. The fraction of sp³-hybridized carbons (Fsp3) is 0.263. The quantitative estimate of drug-likeness (QED) is 0.646. The van der Waals surface area contributed by atoms with Crippen molar-refractivity contribution >= 4 is 5.57 Å². The Morgan fingerprint density at radius 1 is 1.23 bits per heavy atom. The van der Waals surface area contributed by atoms with Crippen molar-refractivity contribution in [2.45, 2.75) is 26.7 Å². The summed E-state index contributed by atoms with van der Waals surface area (Å²) in [7, 11) is 0. The molecule has 0 unspecified atom stereocenters. The Labute approximate surface area is 130 Å². The van der Waals surface area contributed by atoms with Gasteiger partial charge in [0.15, 0.2) is 0 Å². The molecule has 0 bridgehead atoms. The van der Waals surface area contributed by atoms with Crippen LogP contribution in [-0.4, -0.2) is 5.21 Å². The average molecular weight is 291 g/mol. The first-order valence-electron chi connectivity index (χ1n) is 7.47. The number of benzene rings is 1. The third-order valence-corrected chi connectivity index (χ3v) is 4.22. The summed E-state index contributed by atoms with van der Waals surface area (Å²) in [6.07, 6.45) is 5.84. The number of aromatic nitrogens is 1. The van der Waals surface area contributed by atoms with E-state index in [0.717, 1.165) is 34.4 Å². The van der Waals surface area contributed by atoms with Gasteiger partial charge in [0.05, 0.1) is 17.2 Å². The molecule has 3 nitrogen and oxygen atoms in total. The second kappa shape index (κ2) is 5.31. The maximum Gasteiger partial charge on any atom is 0.264 e. The fourth-order valence-electron chi connectivity index (χ4n) is 2.97. The van der Waals surface area contributed by atoms with Crippen molar-refractivity contribution in [1.82, 2.24) is 0 Å². The smallest absolute Gasteiger partial charge is 0.264 e. The van der Waals surface area contributed by atoms with Gasteiger partial charge in [-0.25, -0.2) is 0 Å². The van der Waals surface area contributed by atoms with Crippen LogP contribution in [0.4, 0.5) is 0 Å². The van der Waals surface area contributed by atoms with Crippen LogP contribution in [0.1, 0.15) is 42.7 Å². The molecule has 1 N–H and O–H groups in total. The second-order valence-electron chi connectivity index (χ2n) is 6.46. The largest absolute Gasteiger partial charge is 0.285 e. The second-order valence-corrected chi connectivity index (χ2v) is 6.46. The zero-order chi connectivity index (χ0) is 15.7. The standard InChI is InChI=1S/C19H19N2O/c1-19(2)9-8-15-7-6-14(13-20)11-16(15)17(12-19)18-5-3-4-10-21(18)22/h3-7,10-12,22H,8-9H2,1-2H3/q+1. The number of aryl methyl sites for hydroxylation is 1. The van der Waals surface area contributed by atoms with Gasteiger partial charge in [-0.1, -0.05) is 26.0 Å². The number of pyridine rings is 1. The van der Waals surface area contributed by atoms with Gasteiger partial charge in [-0.3, -0.25) is 5.21 Å². The van der Waals surface area contributed by atoms with Crippen molar-refractivity contribution in [1.29, 1.82) is 5.26 Å². The summed E-state index contributed by atoms with van der Waals surface area (Å²) >= 11 is 0. The molecule has 1 aromatic carbocycles. The number of rotatable bonds is 1. The summed E-state index contributed by atoms with van der Waals surface area (Å²) < 4.78 is 1.15. The Bertz CT molecular complexity index is 797. The minimum atomic E-state index is 0.0317. The predicted octanol–water partition coefficient (Wildman–Crippen LogP) is 3.49. The molecule has 1 aliphatic carbocycles. The highest BCUT2D eigenvalue weighted by Gasteiger charge is 2.27. The van der Waals surface area contributed by atoms with Crippen LogP contribution >= 0.6 is 0 Å². The van der Waals surface area contributed by atoms with E-state index in [2.05, 4.69) is 26.0 Å². The van der Waals surface area contributed by atoms with Crippen molar-refractivity contribution in [2.24, 2.45) is 5.41 Å². The molecule has 0 spiro atoms. The average Bonchev–Trinajstić information content (AvgIpc) is 2.64. The molecule has 0 amide bonds. The van der Waals surface area contributed by atoms with Crippen LogP contribution in [0, 0.1) is 16.7 Å². The summed E-state index contributed by atoms with van der Waals surface area (Å²) in [5.74, 6) is 0. The van der Waals surface area contributed by atoms with Crippen LogP contribution in [0.2, 0.25) is 0 Å². The highest BCUT2D eigenvalue weighted by atomic mass is 16.5. The normalized spacial score (nSPS) is 16.1. The summed E-state index contributed by atoms with van der Waals surface area (Å²) in [5.41, 5.74) is 4.67. The molecule has 0 atom stereocenters. The van der Waals surface area contributed by atoms with Crippen molar-refractivity contribution in [3.63, 3.8) is 0 Å². The van der Waals surface area contributed by atoms with E-state index in [4.69, 9.17) is 0 Å². The zero-order valence-electron chi connectivity index (χ0n) is 12.9. The minimum Gasteiger partial charge on any atom is -0.285 e. The molecule has 1 heterocycles. The van der Waals surface area contributed by atoms with E-state index in [1.165, 1.54) is 5.56 Å². The van der Waals surface area contributed by atoms with Gasteiger partial charge < -0.3 is 0 Å². The van der Waals surface area contributed by atoms with Crippen LogP contribution in [0.15, 0.2) is 48.7 Å². The van der Waals surface area contributed by atoms with Gasteiger partial charge in [-0.15, -0.1) is 0 Å². The Morgan fingerprint density at radius 3 is 2.77 bits per heavy atom. The topological polar surface area (TPSA) is 47.9 Å². The molecule has 110 valence electrons. The van der Waals surface area contributed by atoms with E-state index in [9.17, 15) is 10.5 Å². The monoisotopic (exact) mass is 291 g/mol. The molecule has 0 saturated carbocycles. The Morgan fingerprint density at radius 2 is 2.05 bits per heavy atom. The van der Waals surface area contributed by atoms with Gasteiger partial charge in [-0.2, -0.15) is 5.26 Å². The van der Waals surface area contributed by atoms with Gasteiger partial charge in [0, 0.05) is 16.9 Å². The van der Waals surface area contributed by atoms with Crippen molar-refractivity contribution in [3.05, 3.63) is 71.1 Å². The van der Waals surface area contributed by atoms with E-state index >= 15 is 0 Å². The third kappa shape index (κ3) is 2.60. The van der Waals surface area contributed by atoms with Gasteiger partial charge in [0.25, 0.3) is 5.69 Å². The summed E-state index contributed by atoms with van der Waals surface area (Å²) in [6.45, 7) is 4.41. The van der Waals surface area contributed by atoms with Crippen LogP contribution in [0.25, 0.3) is 5.57 Å². The van der Waals surface area contributed by atoms with Crippen molar-refractivity contribution < 1.29 is 9.94 Å². The highest BCUT2D eigenvalue weighted by Crippen LogP contribution is 2.37. The van der Waals surface area contributed by atoms with E-state index in [-0.39, 0.29) is 5.41 Å². The van der Waals surface area contributed by atoms with Crippen LogP contribution in [0.3, 0.4) is 0 Å². The van der Waals surface area contributed by atoms with E-state index < -0.39 is 0 Å². The van der Waals surface area contributed by atoms with E-state index in [1.807, 2.05) is 30.3 Å². The Kier molecular flexibility index (Phi) is 3.46. The lowest BCUT2D eigenvalue weighted by Gasteiger charge is -2.18.